The van der Waals surface area contributed by atoms with E-state index in [0.717, 1.165) is 53.3 Å². The van der Waals surface area contributed by atoms with Crippen LogP contribution in [0.25, 0.3) is 22.2 Å². The molecule has 0 unspecified atom stereocenters. The predicted octanol–water partition coefficient (Wildman–Crippen LogP) is 8.64. The summed E-state index contributed by atoms with van der Waals surface area (Å²) in [5.74, 6) is -0.0320. The van der Waals surface area contributed by atoms with Crippen molar-refractivity contribution >= 4 is 23.0 Å². The van der Waals surface area contributed by atoms with Crippen LogP contribution >= 0.6 is 0 Å². The van der Waals surface area contributed by atoms with E-state index >= 15 is 0 Å². The van der Waals surface area contributed by atoms with Gasteiger partial charge in [-0.3, -0.25) is 4.79 Å². The third-order valence-corrected chi connectivity index (χ3v) is 7.52. The smallest absolute Gasteiger partial charge is 0.361 e. The molecule has 234 valence electrons. The van der Waals surface area contributed by atoms with Gasteiger partial charge in [0.25, 0.3) is 5.89 Å². The zero-order valence-corrected chi connectivity index (χ0v) is 24.9. The van der Waals surface area contributed by atoms with Crippen molar-refractivity contribution in [3.8, 4) is 11.5 Å². The lowest BCUT2D eigenvalue weighted by Crippen LogP contribution is -2.27. The van der Waals surface area contributed by atoms with Crippen molar-refractivity contribution in [3.05, 3.63) is 83.2 Å². The van der Waals surface area contributed by atoms with Crippen molar-refractivity contribution in [1.82, 2.24) is 15.2 Å². The van der Waals surface area contributed by atoms with E-state index in [9.17, 15) is 22.8 Å². The standard InChI is InChI=1S/C34H38F3N3O4/c1-2-3-4-5-6-7-8-9-10-15-31-38-33(43-39-31)30-21-18-26(28-13-11-12-14-29(28)30)23-40(44-32(42)24-41)22-25-16-19-27(20-17-25)34(35,36)37/h11-14,16-21,24H,2-10,15,22-23H2,1H3. The Morgan fingerprint density at radius 3 is 2.18 bits per heavy atom. The highest BCUT2D eigenvalue weighted by Crippen LogP contribution is 2.32. The van der Waals surface area contributed by atoms with Crippen LogP contribution in [0.15, 0.2) is 65.2 Å². The van der Waals surface area contributed by atoms with Crippen LogP contribution in [0.1, 0.15) is 87.2 Å². The summed E-state index contributed by atoms with van der Waals surface area (Å²) in [6.07, 6.45) is 7.45. The molecule has 0 spiro atoms. The highest BCUT2D eigenvalue weighted by molar-refractivity contribution is 6.20. The number of fused-ring (bicyclic) bond motifs is 1. The highest BCUT2D eigenvalue weighted by Gasteiger charge is 2.30. The number of alkyl halides is 3. The first-order chi connectivity index (χ1) is 21.3. The minimum atomic E-state index is -4.46. The van der Waals surface area contributed by atoms with Crippen LogP contribution < -0.4 is 0 Å². The van der Waals surface area contributed by atoms with Crippen LogP contribution in [0.4, 0.5) is 13.2 Å². The fourth-order valence-electron chi connectivity index (χ4n) is 5.21. The molecule has 1 aromatic heterocycles. The summed E-state index contributed by atoms with van der Waals surface area (Å²) in [6, 6.07) is 15.9. The number of halogens is 3. The summed E-state index contributed by atoms with van der Waals surface area (Å²) < 4.78 is 44.6. The first-order valence-electron chi connectivity index (χ1n) is 15.2. The molecule has 0 aliphatic rings. The second-order valence-corrected chi connectivity index (χ2v) is 10.9. The summed E-state index contributed by atoms with van der Waals surface area (Å²) in [5, 5.41) is 7.12. The van der Waals surface area contributed by atoms with Crippen molar-refractivity contribution in [1.29, 1.82) is 0 Å². The van der Waals surface area contributed by atoms with E-state index in [0.29, 0.717) is 17.3 Å². The van der Waals surface area contributed by atoms with E-state index in [2.05, 4.69) is 17.1 Å². The lowest BCUT2D eigenvalue weighted by Gasteiger charge is -2.21. The number of benzene rings is 3. The average molecular weight is 610 g/mol. The summed E-state index contributed by atoms with van der Waals surface area (Å²) >= 11 is 0. The molecule has 1 heterocycles. The van der Waals surface area contributed by atoms with E-state index in [1.54, 1.807) is 0 Å². The van der Waals surface area contributed by atoms with E-state index in [4.69, 9.17) is 9.36 Å². The topological polar surface area (TPSA) is 85.5 Å². The van der Waals surface area contributed by atoms with E-state index in [1.165, 1.54) is 62.1 Å². The van der Waals surface area contributed by atoms with Crippen LogP contribution in [0, 0.1) is 0 Å². The molecule has 4 aromatic rings. The van der Waals surface area contributed by atoms with Crippen molar-refractivity contribution in [3.63, 3.8) is 0 Å². The molecule has 0 saturated carbocycles. The molecule has 4 rings (SSSR count). The summed E-state index contributed by atoms with van der Waals surface area (Å²) in [5.41, 5.74) is 1.22. The first-order valence-corrected chi connectivity index (χ1v) is 15.2. The van der Waals surface area contributed by atoms with Crippen molar-refractivity contribution in [2.75, 3.05) is 0 Å². The maximum absolute atomic E-state index is 13.0. The number of aldehydes is 1. The Morgan fingerprint density at radius 1 is 0.864 bits per heavy atom. The molecule has 10 heteroatoms. The average Bonchev–Trinajstić information content (AvgIpc) is 3.48. The number of aryl methyl sites for hydroxylation is 1. The van der Waals surface area contributed by atoms with E-state index < -0.39 is 17.7 Å². The zero-order chi connectivity index (χ0) is 31.4. The molecule has 0 aliphatic carbocycles. The highest BCUT2D eigenvalue weighted by atomic mass is 19.4. The summed E-state index contributed by atoms with van der Waals surface area (Å²) in [4.78, 5) is 32.7. The van der Waals surface area contributed by atoms with Gasteiger partial charge in [-0.2, -0.15) is 18.2 Å². The number of hydrogen-bond donors (Lipinski definition) is 0. The first kappa shape index (κ1) is 32.9. The van der Waals surface area contributed by atoms with Crippen LogP contribution in [0.2, 0.25) is 0 Å². The Labute approximate surface area is 255 Å². The van der Waals surface area contributed by atoms with Gasteiger partial charge in [0.15, 0.2) is 5.82 Å². The minimum Gasteiger partial charge on any atom is -0.361 e. The second kappa shape index (κ2) is 16.1. The van der Waals surface area contributed by atoms with Gasteiger partial charge in [-0.1, -0.05) is 106 Å². The Morgan fingerprint density at radius 2 is 1.52 bits per heavy atom. The maximum atomic E-state index is 13.0. The minimum absolute atomic E-state index is 0.0281. The van der Waals surface area contributed by atoms with Gasteiger partial charge in [-0.05, 0) is 46.5 Å². The number of rotatable bonds is 17. The van der Waals surface area contributed by atoms with Gasteiger partial charge in [0.1, 0.15) is 0 Å². The lowest BCUT2D eigenvalue weighted by atomic mass is 9.99. The number of carbonyl (C=O) groups excluding carboxylic acids is 2. The summed E-state index contributed by atoms with van der Waals surface area (Å²) in [6.45, 7) is 2.28. The lowest BCUT2D eigenvalue weighted by molar-refractivity contribution is -0.194. The van der Waals surface area contributed by atoms with Crippen LogP contribution in [-0.4, -0.2) is 27.5 Å². The van der Waals surface area contributed by atoms with Crippen molar-refractivity contribution in [2.24, 2.45) is 0 Å². The molecule has 0 N–H and O–H groups in total. The predicted molar refractivity (Wildman–Crippen MR) is 161 cm³/mol. The zero-order valence-electron chi connectivity index (χ0n) is 24.9. The molecule has 0 atom stereocenters. The Kier molecular flexibility index (Phi) is 12.1. The number of unbranched alkanes of at least 4 members (excludes halogenated alkanes) is 8. The Balaban J connectivity index is 1.44. The molecule has 0 bridgehead atoms. The molecule has 44 heavy (non-hydrogen) atoms. The van der Waals surface area contributed by atoms with Gasteiger partial charge >= 0.3 is 12.1 Å². The number of hydrogen-bond acceptors (Lipinski definition) is 7. The monoisotopic (exact) mass is 609 g/mol. The van der Waals surface area contributed by atoms with Crippen molar-refractivity contribution in [2.45, 2.75) is 90.4 Å². The molecule has 0 fully saturated rings. The van der Waals surface area contributed by atoms with E-state index in [-0.39, 0.29) is 19.4 Å². The number of carbonyl (C=O) groups is 2. The van der Waals surface area contributed by atoms with Crippen LogP contribution in [-0.2, 0) is 40.1 Å². The summed E-state index contributed by atoms with van der Waals surface area (Å²) in [7, 11) is 0. The maximum Gasteiger partial charge on any atom is 0.416 e. The fraction of sp³-hybridized carbons (Fsp3) is 0.412. The fourth-order valence-corrected chi connectivity index (χ4v) is 5.21. The Hall–Kier alpha value is -4.05. The number of hydroxylamine groups is 2. The molecule has 0 aliphatic heterocycles. The molecule has 3 aromatic carbocycles. The Bertz CT molecular complexity index is 1500. The van der Waals surface area contributed by atoms with Crippen LogP contribution in [0.3, 0.4) is 0 Å². The molecule has 0 radical (unpaired) electrons. The van der Waals surface area contributed by atoms with Gasteiger partial charge in [0.05, 0.1) is 18.7 Å². The molecular formula is C34H38F3N3O4. The third kappa shape index (κ3) is 9.47. The SMILES string of the molecule is CCCCCCCCCCCc1noc(-c2ccc(CN(Cc3ccc(C(F)(F)F)cc3)OC(=O)C=O)c3ccccc23)n1. The van der Waals surface area contributed by atoms with E-state index in [1.807, 2.05) is 36.4 Å². The molecule has 0 saturated heterocycles. The third-order valence-electron chi connectivity index (χ3n) is 7.52. The quantitative estimate of drug-likeness (QED) is 0.0513. The van der Waals surface area contributed by atoms with Crippen molar-refractivity contribution < 1.29 is 32.1 Å². The second-order valence-electron chi connectivity index (χ2n) is 10.9. The largest absolute Gasteiger partial charge is 0.416 e. The van der Waals surface area contributed by atoms with Crippen LogP contribution in [0.5, 0.6) is 0 Å². The van der Waals surface area contributed by atoms with Gasteiger partial charge in [-0.15, -0.1) is 5.06 Å². The van der Waals surface area contributed by atoms with Gasteiger partial charge in [-0.25, -0.2) is 4.79 Å². The normalized spacial score (nSPS) is 11.8. The molecule has 0 amide bonds. The van der Waals surface area contributed by atoms with Gasteiger partial charge in [0, 0.05) is 12.0 Å². The number of aromatic nitrogens is 2. The van der Waals surface area contributed by atoms with Gasteiger partial charge < -0.3 is 9.36 Å². The van der Waals surface area contributed by atoms with Gasteiger partial charge in [0.2, 0.25) is 6.29 Å². The molecule has 7 nitrogen and oxygen atoms in total. The molecular weight excluding hydrogens is 571 g/mol. The number of nitrogens with zero attached hydrogens (tertiary/aromatic N) is 3.